The number of thiazole rings is 1. The van der Waals surface area contributed by atoms with Crippen molar-refractivity contribution in [2.24, 2.45) is 0 Å². The molecule has 0 atom stereocenters. The van der Waals surface area contributed by atoms with Crippen LogP contribution in [0.15, 0.2) is 48.5 Å². The average Bonchev–Trinajstić information content (AvgIpc) is 3.04. The van der Waals surface area contributed by atoms with Crippen molar-refractivity contribution in [3.05, 3.63) is 59.1 Å². The molecule has 0 aliphatic heterocycles. The molecular formula is C20H16F3N3O3S. The largest absolute Gasteiger partial charge is 0.573 e. The van der Waals surface area contributed by atoms with Crippen LogP contribution >= 0.6 is 11.3 Å². The summed E-state index contributed by atoms with van der Waals surface area (Å²) in [5.74, 6) is -0.890. The predicted molar refractivity (Wildman–Crippen MR) is 108 cm³/mol. The Morgan fingerprint density at radius 1 is 0.967 bits per heavy atom. The van der Waals surface area contributed by atoms with E-state index in [0.717, 1.165) is 11.3 Å². The van der Waals surface area contributed by atoms with Gasteiger partial charge in [-0.05, 0) is 55.5 Å². The van der Waals surface area contributed by atoms with Crippen LogP contribution in [0, 0.1) is 6.92 Å². The second-order valence-corrected chi connectivity index (χ2v) is 7.22. The van der Waals surface area contributed by atoms with Crippen molar-refractivity contribution in [2.75, 3.05) is 10.6 Å². The van der Waals surface area contributed by atoms with E-state index >= 15 is 0 Å². The van der Waals surface area contributed by atoms with E-state index in [4.69, 9.17) is 0 Å². The van der Waals surface area contributed by atoms with Gasteiger partial charge >= 0.3 is 6.36 Å². The van der Waals surface area contributed by atoms with Gasteiger partial charge in [0.25, 0.3) is 5.91 Å². The molecule has 6 nitrogen and oxygen atoms in total. The summed E-state index contributed by atoms with van der Waals surface area (Å²) in [6, 6.07) is 11.9. The monoisotopic (exact) mass is 435 g/mol. The van der Waals surface area contributed by atoms with Gasteiger partial charge in [0.2, 0.25) is 5.91 Å². The number of hydrogen-bond donors (Lipinski definition) is 2. The smallest absolute Gasteiger partial charge is 0.406 e. The number of nitrogens with zero attached hydrogens (tertiary/aromatic N) is 1. The maximum atomic E-state index is 12.6. The topological polar surface area (TPSA) is 80.3 Å². The highest BCUT2D eigenvalue weighted by Crippen LogP contribution is 2.31. The first-order chi connectivity index (χ1) is 14.1. The van der Waals surface area contributed by atoms with Gasteiger partial charge in [-0.15, -0.1) is 24.5 Å². The Labute approximate surface area is 173 Å². The SMILES string of the molecule is CC(=O)Nc1ccc(NC(=O)c2sc(-c3ccc(OC(F)(F)F)cc3)nc2C)cc1. The first kappa shape index (κ1) is 21.3. The molecule has 3 aromatic rings. The van der Waals surface area contributed by atoms with Crippen molar-refractivity contribution >= 4 is 34.5 Å². The third-order valence-corrected chi connectivity index (χ3v) is 5.01. The molecule has 1 heterocycles. The van der Waals surface area contributed by atoms with Gasteiger partial charge in [0, 0.05) is 23.9 Å². The lowest BCUT2D eigenvalue weighted by molar-refractivity contribution is -0.274. The van der Waals surface area contributed by atoms with Crippen LogP contribution in [-0.4, -0.2) is 23.2 Å². The van der Waals surface area contributed by atoms with E-state index in [0.29, 0.717) is 32.5 Å². The second-order valence-electron chi connectivity index (χ2n) is 6.22. The number of nitrogens with one attached hydrogen (secondary N) is 2. The fourth-order valence-electron chi connectivity index (χ4n) is 2.56. The molecule has 0 spiro atoms. The van der Waals surface area contributed by atoms with Gasteiger partial charge < -0.3 is 15.4 Å². The molecular weight excluding hydrogens is 419 g/mol. The van der Waals surface area contributed by atoms with E-state index in [1.165, 1.54) is 31.2 Å². The Bertz CT molecular complexity index is 1060. The zero-order valence-electron chi connectivity index (χ0n) is 15.8. The Balaban J connectivity index is 1.72. The van der Waals surface area contributed by atoms with Crippen molar-refractivity contribution in [1.82, 2.24) is 4.98 Å². The van der Waals surface area contributed by atoms with Crippen LogP contribution in [-0.2, 0) is 4.79 Å². The van der Waals surface area contributed by atoms with Crippen LogP contribution < -0.4 is 15.4 Å². The number of carbonyl (C=O) groups is 2. The minimum Gasteiger partial charge on any atom is -0.406 e. The van der Waals surface area contributed by atoms with Gasteiger partial charge in [-0.1, -0.05) is 0 Å². The summed E-state index contributed by atoms with van der Waals surface area (Å²) in [6.45, 7) is 3.08. The highest BCUT2D eigenvalue weighted by Gasteiger charge is 2.31. The Morgan fingerprint density at radius 3 is 2.07 bits per heavy atom. The van der Waals surface area contributed by atoms with Gasteiger partial charge in [0.05, 0.1) is 5.69 Å². The summed E-state index contributed by atoms with van der Waals surface area (Å²) in [4.78, 5) is 28.4. The number of alkyl halides is 3. The molecule has 0 aliphatic rings. The fourth-order valence-corrected chi connectivity index (χ4v) is 3.52. The summed E-state index contributed by atoms with van der Waals surface area (Å²) < 4.78 is 40.7. The second kappa shape index (κ2) is 8.54. The summed E-state index contributed by atoms with van der Waals surface area (Å²) in [5.41, 5.74) is 2.21. The van der Waals surface area contributed by atoms with E-state index in [9.17, 15) is 22.8 Å². The Morgan fingerprint density at radius 2 is 1.53 bits per heavy atom. The van der Waals surface area contributed by atoms with Gasteiger partial charge in [-0.3, -0.25) is 9.59 Å². The molecule has 1 aromatic heterocycles. The predicted octanol–water partition coefficient (Wildman–Crippen LogP) is 5.23. The number of halogens is 3. The van der Waals surface area contributed by atoms with E-state index in [2.05, 4.69) is 20.4 Å². The highest BCUT2D eigenvalue weighted by atomic mass is 32.1. The quantitative estimate of drug-likeness (QED) is 0.575. The number of carbonyl (C=O) groups excluding carboxylic acids is 2. The van der Waals surface area contributed by atoms with Crippen LogP contribution in [0.25, 0.3) is 10.6 Å². The van der Waals surface area contributed by atoms with Crippen molar-refractivity contribution in [1.29, 1.82) is 0 Å². The molecule has 0 saturated heterocycles. The third-order valence-electron chi connectivity index (χ3n) is 3.80. The van der Waals surface area contributed by atoms with Gasteiger partial charge in [-0.2, -0.15) is 0 Å². The standard InChI is InChI=1S/C20H16F3N3O3S/c1-11-17(18(28)26-15-7-5-14(6-8-15)25-12(2)27)30-19(24-11)13-3-9-16(10-4-13)29-20(21,22)23/h3-10H,1-2H3,(H,25,27)(H,26,28). The van der Waals surface area contributed by atoms with Crippen LogP contribution in [0.1, 0.15) is 22.3 Å². The number of rotatable bonds is 5. The highest BCUT2D eigenvalue weighted by molar-refractivity contribution is 7.17. The molecule has 10 heteroatoms. The van der Waals surface area contributed by atoms with Crippen LogP contribution in [0.4, 0.5) is 24.5 Å². The van der Waals surface area contributed by atoms with Gasteiger partial charge in [0.15, 0.2) is 0 Å². The zero-order chi connectivity index (χ0) is 21.9. The van der Waals surface area contributed by atoms with E-state index in [-0.39, 0.29) is 17.6 Å². The minimum absolute atomic E-state index is 0.197. The lowest BCUT2D eigenvalue weighted by Gasteiger charge is -2.08. The lowest BCUT2D eigenvalue weighted by atomic mass is 10.2. The Kier molecular flexibility index (Phi) is 6.06. The van der Waals surface area contributed by atoms with Crippen molar-refractivity contribution in [3.63, 3.8) is 0 Å². The normalized spacial score (nSPS) is 11.1. The Hall–Kier alpha value is -3.40. The molecule has 0 aliphatic carbocycles. The van der Waals surface area contributed by atoms with Crippen LogP contribution in [0.2, 0.25) is 0 Å². The first-order valence-corrected chi connectivity index (χ1v) is 9.45. The van der Waals surface area contributed by atoms with E-state index in [1.54, 1.807) is 31.2 Å². The fraction of sp³-hybridized carbons (Fsp3) is 0.150. The summed E-state index contributed by atoms with van der Waals surface area (Å²) in [5, 5.41) is 5.88. The number of benzene rings is 2. The van der Waals surface area contributed by atoms with Gasteiger partial charge in [0.1, 0.15) is 15.6 Å². The number of aromatic nitrogens is 1. The van der Waals surface area contributed by atoms with Crippen molar-refractivity contribution in [2.45, 2.75) is 20.2 Å². The number of amides is 2. The molecule has 30 heavy (non-hydrogen) atoms. The molecule has 0 unspecified atom stereocenters. The summed E-state index contributed by atoms with van der Waals surface area (Å²) in [7, 11) is 0. The molecule has 3 rings (SSSR count). The first-order valence-electron chi connectivity index (χ1n) is 8.63. The minimum atomic E-state index is -4.76. The molecule has 0 bridgehead atoms. The maximum Gasteiger partial charge on any atom is 0.573 e. The molecule has 156 valence electrons. The molecule has 0 fully saturated rings. The number of ether oxygens (including phenoxy) is 1. The van der Waals surface area contributed by atoms with E-state index < -0.39 is 6.36 Å². The summed E-state index contributed by atoms with van der Waals surface area (Å²) in [6.07, 6.45) is -4.76. The molecule has 2 amide bonds. The zero-order valence-corrected chi connectivity index (χ0v) is 16.6. The van der Waals surface area contributed by atoms with Crippen LogP contribution in [0.5, 0.6) is 5.75 Å². The third kappa shape index (κ3) is 5.57. The summed E-state index contributed by atoms with van der Waals surface area (Å²) >= 11 is 1.13. The molecule has 0 saturated carbocycles. The van der Waals surface area contributed by atoms with Crippen molar-refractivity contribution in [3.8, 4) is 16.3 Å². The maximum absolute atomic E-state index is 12.6. The number of anilines is 2. The van der Waals surface area contributed by atoms with Crippen molar-refractivity contribution < 1.29 is 27.5 Å². The van der Waals surface area contributed by atoms with Crippen LogP contribution in [0.3, 0.4) is 0 Å². The molecule has 2 aromatic carbocycles. The van der Waals surface area contributed by atoms with E-state index in [1.807, 2.05) is 0 Å². The number of hydrogen-bond acceptors (Lipinski definition) is 5. The average molecular weight is 435 g/mol. The number of aryl methyl sites for hydroxylation is 1. The molecule has 0 radical (unpaired) electrons. The van der Waals surface area contributed by atoms with Gasteiger partial charge in [-0.25, -0.2) is 4.98 Å². The molecule has 2 N–H and O–H groups in total. The lowest BCUT2D eigenvalue weighted by Crippen LogP contribution is -2.16.